The minimum absolute atomic E-state index is 0.0205. The van der Waals surface area contributed by atoms with E-state index in [0.717, 1.165) is 32.4 Å². The number of amides is 1. The average molecular weight is 297 g/mol. The van der Waals surface area contributed by atoms with Crippen molar-refractivity contribution in [1.82, 2.24) is 4.90 Å². The number of ether oxygens (including phenoxy) is 2. The van der Waals surface area contributed by atoms with Crippen LogP contribution in [0.4, 0.5) is 0 Å². The second-order valence-corrected chi connectivity index (χ2v) is 6.88. The third-order valence-corrected chi connectivity index (χ3v) is 3.97. The molecule has 1 N–H and O–H groups in total. The van der Waals surface area contributed by atoms with E-state index in [9.17, 15) is 4.79 Å². The van der Waals surface area contributed by atoms with Crippen LogP contribution in [0.2, 0.25) is 0 Å². The number of carbonyl (C=O) groups is 1. The van der Waals surface area contributed by atoms with Crippen LogP contribution in [-0.2, 0) is 14.3 Å². The molecular weight excluding hydrogens is 270 g/mol. The first-order chi connectivity index (χ1) is 9.91. The summed E-state index contributed by atoms with van der Waals surface area (Å²) in [6.07, 6.45) is 3.89. The van der Waals surface area contributed by atoms with Gasteiger partial charge in [-0.15, -0.1) is 0 Å². The summed E-state index contributed by atoms with van der Waals surface area (Å²) in [6.45, 7) is 8.88. The van der Waals surface area contributed by atoms with Gasteiger partial charge in [0.05, 0.1) is 6.61 Å². The summed E-state index contributed by atoms with van der Waals surface area (Å²) in [5.41, 5.74) is 0.0703. The Bertz CT molecular complexity index is 396. The normalized spacial score (nSPS) is 25.3. The summed E-state index contributed by atoms with van der Waals surface area (Å²) in [7, 11) is 0. The highest BCUT2D eigenvalue weighted by Gasteiger charge is 2.37. The molecule has 0 spiro atoms. The molecule has 0 aromatic carbocycles. The first-order valence-corrected chi connectivity index (χ1v) is 7.82. The van der Waals surface area contributed by atoms with Crippen molar-refractivity contribution < 1.29 is 19.4 Å². The molecule has 1 saturated heterocycles. The number of allylic oxidation sites excluding steroid dienone is 1. The van der Waals surface area contributed by atoms with E-state index in [2.05, 4.69) is 20.8 Å². The summed E-state index contributed by atoms with van der Waals surface area (Å²) < 4.78 is 11.5. The van der Waals surface area contributed by atoms with E-state index in [1.54, 1.807) is 4.90 Å². The molecule has 1 amide bonds. The van der Waals surface area contributed by atoms with Crippen molar-refractivity contribution in [1.29, 1.82) is 0 Å². The summed E-state index contributed by atoms with van der Waals surface area (Å²) in [4.78, 5) is 14.0. The van der Waals surface area contributed by atoms with E-state index in [4.69, 9.17) is 14.6 Å². The molecule has 120 valence electrons. The molecule has 5 heteroatoms. The van der Waals surface area contributed by atoms with Gasteiger partial charge in [-0.2, -0.15) is 0 Å². The molecule has 0 aliphatic carbocycles. The van der Waals surface area contributed by atoms with E-state index >= 15 is 0 Å². The van der Waals surface area contributed by atoms with Gasteiger partial charge in [0, 0.05) is 26.1 Å². The Labute approximate surface area is 126 Å². The van der Waals surface area contributed by atoms with E-state index in [1.165, 1.54) is 0 Å². The second-order valence-electron chi connectivity index (χ2n) is 6.88. The van der Waals surface area contributed by atoms with Crippen molar-refractivity contribution in [2.24, 2.45) is 11.3 Å². The zero-order chi connectivity index (χ0) is 15.5. The van der Waals surface area contributed by atoms with Gasteiger partial charge >= 0.3 is 0 Å². The minimum atomic E-state index is -0.364. The molecule has 0 aromatic heterocycles. The van der Waals surface area contributed by atoms with E-state index in [0.29, 0.717) is 12.4 Å². The van der Waals surface area contributed by atoms with E-state index in [-0.39, 0.29) is 30.1 Å². The molecule has 2 aliphatic rings. The number of hydrogen-bond acceptors (Lipinski definition) is 4. The zero-order valence-electron chi connectivity index (χ0n) is 13.3. The van der Waals surface area contributed by atoms with Crippen molar-refractivity contribution in [3.05, 3.63) is 11.8 Å². The van der Waals surface area contributed by atoms with Gasteiger partial charge in [0.1, 0.15) is 0 Å². The van der Waals surface area contributed by atoms with Gasteiger partial charge in [-0.25, -0.2) is 0 Å². The summed E-state index contributed by atoms with van der Waals surface area (Å²) in [5.74, 6) is 0.673. The Kier molecular flexibility index (Phi) is 5.27. The number of hydrogen-bond donors (Lipinski definition) is 1. The summed E-state index contributed by atoms with van der Waals surface area (Å²) >= 11 is 0. The lowest BCUT2D eigenvalue weighted by molar-refractivity contribution is -0.155. The molecule has 0 bridgehead atoms. The van der Waals surface area contributed by atoms with Crippen LogP contribution in [0.3, 0.4) is 0 Å². The predicted molar refractivity (Wildman–Crippen MR) is 79.4 cm³/mol. The lowest BCUT2D eigenvalue weighted by Gasteiger charge is -2.36. The molecule has 2 atom stereocenters. The van der Waals surface area contributed by atoms with Crippen LogP contribution in [0.15, 0.2) is 11.8 Å². The number of aliphatic hydroxyl groups excluding tert-OH is 1. The highest BCUT2D eigenvalue weighted by molar-refractivity contribution is 5.93. The Balaban J connectivity index is 1.98. The maximum atomic E-state index is 12.2. The minimum Gasteiger partial charge on any atom is -0.459 e. The van der Waals surface area contributed by atoms with Gasteiger partial charge < -0.3 is 19.5 Å². The number of unbranched alkanes of at least 4 members (excludes halogenated alkanes) is 1. The molecule has 2 aliphatic heterocycles. The highest BCUT2D eigenvalue weighted by atomic mass is 16.7. The lowest BCUT2D eigenvalue weighted by atomic mass is 9.77. The molecule has 2 heterocycles. The third kappa shape index (κ3) is 4.71. The van der Waals surface area contributed by atoms with Gasteiger partial charge in [0.25, 0.3) is 5.91 Å². The number of rotatable bonds is 6. The largest absolute Gasteiger partial charge is 0.459 e. The number of aliphatic hydroxyl groups is 1. The molecule has 0 radical (unpaired) electrons. The highest BCUT2D eigenvalue weighted by Crippen LogP contribution is 2.37. The van der Waals surface area contributed by atoms with Crippen LogP contribution in [0.25, 0.3) is 0 Å². The van der Waals surface area contributed by atoms with Gasteiger partial charge in [-0.3, -0.25) is 4.79 Å². The molecule has 21 heavy (non-hydrogen) atoms. The monoisotopic (exact) mass is 297 g/mol. The van der Waals surface area contributed by atoms with Crippen molar-refractivity contribution >= 4 is 5.91 Å². The molecule has 0 saturated carbocycles. The summed E-state index contributed by atoms with van der Waals surface area (Å²) in [5, 5.41) is 8.79. The molecule has 2 rings (SSSR count). The van der Waals surface area contributed by atoms with Crippen molar-refractivity contribution in [2.75, 3.05) is 26.3 Å². The smallest absolute Gasteiger partial charge is 0.288 e. The van der Waals surface area contributed by atoms with Gasteiger partial charge in [0.2, 0.25) is 6.29 Å². The quantitative estimate of drug-likeness (QED) is 0.601. The third-order valence-electron chi connectivity index (χ3n) is 3.97. The number of carbonyl (C=O) groups excluding carboxylic acids is 1. The fourth-order valence-electron chi connectivity index (χ4n) is 2.35. The fraction of sp³-hybridized carbons (Fsp3) is 0.812. The molecular formula is C16H27NO4. The van der Waals surface area contributed by atoms with Crippen LogP contribution in [0, 0.1) is 11.3 Å². The summed E-state index contributed by atoms with van der Waals surface area (Å²) in [6, 6.07) is 0. The molecule has 0 aromatic rings. The van der Waals surface area contributed by atoms with Crippen molar-refractivity contribution in [2.45, 2.75) is 46.3 Å². The molecule has 1 fully saturated rings. The van der Waals surface area contributed by atoms with Crippen LogP contribution >= 0.6 is 0 Å². The Morgan fingerprint density at radius 2 is 2.14 bits per heavy atom. The maximum Gasteiger partial charge on any atom is 0.288 e. The lowest BCUT2D eigenvalue weighted by Crippen LogP contribution is -2.34. The van der Waals surface area contributed by atoms with Crippen LogP contribution in [0.1, 0.15) is 40.0 Å². The average Bonchev–Trinajstić information content (AvgIpc) is 3.26. The van der Waals surface area contributed by atoms with E-state index in [1.807, 2.05) is 6.08 Å². The van der Waals surface area contributed by atoms with Gasteiger partial charge in [0.15, 0.2) is 5.76 Å². The van der Waals surface area contributed by atoms with E-state index < -0.39 is 0 Å². The SMILES string of the molecule is CC(C)(C)[C@H]1C=C(C(=O)N2CC2)O[C@@H](OCCCCO)C1. The Morgan fingerprint density at radius 3 is 2.71 bits per heavy atom. The second kappa shape index (κ2) is 6.79. The van der Waals surface area contributed by atoms with Crippen molar-refractivity contribution in [3.63, 3.8) is 0 Å². The fourth-order valence-corrected chi connectivity index (χ4v) is 2.35. The maximum absolute atomic E-state index is 12.2. The predicted octanol–water partition coefficient (Wildman–Crippen LogP) is 1.91. The van der Waals surface area contributed by atoms with Crippen LogP contribution < -0.4 is 0 Å². The van der Waals surface area contributed by atoms with Crippen LogP contribution in [0.5, 0.6) is 0 Å². The van der Waals surface area contributed by atoms with Crippen LogP contribution in [-0.4, -0.2) is 48.5 Å². The molecule has 5 nitrogen and oxygen atoms in total. The zero-order valence-corrected chi connectivity index (χ0v) is 13.3. The molecule has 0 unspecified atom stereocenters. The van der Waals surface area contributed by atoms with Gasteiger partial charge in [-0.1, -0.05) is 20.8 Å². The first-order valence-electron chi connectivity index (χ1n) is 7.82. The Morgan fingerprint density at radius 1 is 1.43 bits per heavy atom. The topological polar surface area (TPSA) is 58.8 Å². The standard InChI is InChI=1S/C16H27NO4/c1-16(2,3)12-10-13(15(19)17-6-7-17)21-14(11-12)20-9-5-4-8-18/h10,12,14,18H,4-9,11H2,1-3H3/t12-,14+/m0/s1. The first kappa shape index (κ1) is 16.3. The Hall–Kier alpha value is -1.07. The number of nitrogens with zero attached hydrogens (tertiary/aromatic N) is 1. The van der Waals surface area contributed by atoms with Crippen molar-refractivity contribution in [3.8, 4) is 0 Å². The van der Waals surface area contributed by atoms with Gasteiger partial charge in [-0.05, 0) is 30.3 Å².